The molecule has 6 nitrogen and oxygen atoms in total. The van der Waals surface area contributed by atoms with Crippen molar-refractivity contribution in [1.82, 2.24) is 14.9 Å². The zero-order valence-corrected chi connectivity index (χ0v) is 14.8. The van der Waals surface area contributed by atoms with Crippen molar-refractivity contribution >= 4 is 11.7 Å². The number of carbonyl (C=O) groups is 1. The predicted molar refractivity (Wildman–Crippen MR) is 94.2 cm³/mol. The summed E-state index contributed by atoms with van der Waals surface area (Å²) in [6, 6.07) is 7.41. The minimum atomic E-state index is -0.210. The summed E-state index contributed by atoms with van der Waals surface area (Å²) in [7, 11) is 3.37. The summed E-state index contributed by atoms with van der Waals surface area (Å²) >= 11 is 0. The lowest BCUT2D eigenvalue weighted by atomic mass is 9.96. The van der Waals surface area contributed by atoms with Gasteiger partial charge in [-0.15, -0.1) is 0 Å². The Morgan fingerprint density at radius 2 is 1.75 bits per heavy atom. The third kappa shape index (κ3) is 4.68. The molecule has 0 saturated heterocycles. The molecule has 0 spiro atoms. The van der Waals surface area contributed by atoms with Gasteiger partial charge in [-0.1, -0.05) is 32.9 Å². The number of nitrogens with one attached hydrogen (secondary N) is 1. The molecule has 1 aromatic heterocycles. The van der Waals surface area contributed by atoms with E-state index in [0.29, 0.717) is 12.2 Å². The molecule has 0 bridgehead atoms. The van der Waals surface area contributed by atoms with E-state index >= 15 is 0 Å². The monoisotopic (exact) mass is 328 g/mol. The number of anilines is 1. The molecule has 24 heavy (non-hydrogen) atoms. The molecule has 0 saturated carbocycles. The fourth-order valence-corrected chi connectivity index (χ4v) is 2.08. The Kier molecular flexibility index (Phi) is 5.39. The molecule has 1 aromatic carbocycles. The van der Waals surface area contributed by atoms with Crippen LogP contribution in [0.3, 0.4) is 0 Å². The van der Waals surface area contributed by atoms with Crippen molar-refractivity contribution in [3.63, 3.8) is 0 Å². The smallest absolute Gasteiger partial charge is 0.321 e. The fourth-order valence-electron chi connectivity index (χ4n) is 2.08. The van der Waals surface area contributed by atoms with Gasteiger partial charge in [-0.3, -0.25) is 0 Å². The number of hydrogen-bond acceptors (Lipinski definition) is 4. The summed E-state index contributed by atoms with van der Waals surface area (Å²) in [6.45, 7) is 6.63. The first-order valence-electron chi connectivity index (χ1n) is 7.77. The van der Waals surface area contributed by atoms with Crippen LogP contribution < -0.4 is 10.1 Å². The normalized spacial score (nSPS) is 11.0. The first-order chi connectivity index (χ1) is 11.3. The molecule has 128 valence electrons. The maximum atomic E-state index is 12.3. The van der Waals surface area contributed by atoms with Crippen LogP contribution >= 0.6 is 0 Å². The molecule has 0 aliphatic heterocycles. The van der Waals surface area contributed by atoms with Crippen LogP contribution in [0.2, 0.25) is 0 Å². The van der Waals surface area contributed by atoms with Crippen LogP contribution in [-0.2, 0) is 12.0 Å². The van der Waals surface area contributed by atoms with Gasteiger partial charge in [-0.25, -0.2) is 14.8 Å². The summed E-state index contributed by atoms with van der Waals surface area (Å²) in [5.74, 6) is 1.54. The van der Waals surface area contributed by atoms with Gasteiger partial charge in [0.05, 0.1) is 25.2 Å². The van der Waals surface area contributed by atoms with E-state index in [1.54, 1.807) is 31.5 Å². The quantitative estimate of drug-likeness (QED) is 0.933. The van der Waals surface area contributed by atoms with Gasteiger partial charge in [0.1, 0.15) is 11.6 Å². The molecule has 2 amide bonds. The van der Waals surface area contributed by atoms with Gasteiger partial charge in [0, 0.05) is 19.0 Å². The maximum Gasteiger partial charge on any atom is 0.321 e. The van der Waals surface area contributed by atoms with E-state index in [0.717, 1.165) is 17.1 Å². The van der Waals surface area contributed by atoms with Crippen LogP contribution in [0.1, 0.15) is 32.2 Å². The number of methoxy groups -OCH3 is 1. The highest BCUT2D eigenvalue weighted by Crippen LogP contribution is 2.18. The van der Waals surface area contributed by atoms with E-state index in [1.165, 1.54) is 0 Å². The maximum absolute atomic E-state index is 12.3. The number of carbonyl (C=O) groups excluding carboxylic acids is 1. The van der Waals surface area contributed by atoms with E-state index in [1.807, 2.05) is 45.0 Å². The summed E-state index contributed by atoms with van der Waals surface area (Å²) in [4.78, 5) is 22.5. The van der Waals surface area contributed by atoms with Gasteiger partial charge in [0.15, 0.2) is 0 Å². The number of amides is 2. The van der Waals surface area contributed by atoms with Crippen LogP contribution in [0.4, 0.5) is 10.5 Å². The Bertz CT molecular complexity index is 676. The highest BCUT2D eigenvalue weighted by atomic mass is 16.5. The Morgan fingerprint density at radius 3 is 2.25 bits per heavy atom. The SMILES string of the molecule is COc1ccc(CN(C)C(=O)Nc2cnc(C(C)(C)C)nc2)cc1. The van der Waals surface area contributed by atoms with E-state index < -0.39 is 0 Å². The Hall–Kier alpha value is -2.63. The standard InChI is InChI=1S/C18H24N4O2/c1-18(2,3)16-19-10-14(11-20-16)21-17(23)22(4)12-13-6-8-15(24-5)9-7-13/h6-11H,12H2,1-5H3,(H,21,23). The zero-order valence-electron chi connectivity index (χ0n) is 14.8. The van der Waals surface area contributed by atoms with Gasteiger partial charge in [0.2, 0.25) is 0 Å². The average molecular weight is 328 g/mol. The largest absolute Gasteiger partial charge is 0.497 e. The number of benzene rings is 1. The second kappa shape index (κ2) is 7.29. The van der Waals surface area contributed by atoms with Crippen molar-refractivity contribution in [2.45, 2.75) is 32.7 Å². The van der Waals surface area contributed by atoms with Crippen LogP contribution in [0, 0.1) is 0 Å². The van der Waals surface area contributed by atoms with Gasteiger partial charge >= 0.3 is 6.03 Å². The molecule has 0 radical (unpaired) electrons. The first-order valence-corrected chi connectivity index (χ1v) is 7.77. The van der Waals surface area contributed by atoms with Crippen LogP contribution in [0.5, 0.6) is 5.75 Å². The topological polar surface area (TPSA) is 67.3 Å². The number of urea groups is 1. The van der Waals surface area contributed by atoms with Crippen molar-refractivity contribution in [2.75, 3.05) is 19.5 Å². The van der Waals surface area contributed by atoms with E-state index in [4.69, 9.17) is 4.74 Å². The number of ether oxygens (including phenoxy) is 1. The van der Waals surface area contributed by atoms with Crippen molar-refractivity contribution in [3.05, 3.63) is 48.0 Å². The van der Waals surface area contributed by atoms with E-state index in [9.17, 15) is 4.79 Å². The molecule has 2 rings (SSSR count). The Balaban J connectivity index is 1.95. The van der Waals surface area contributed by atoms with Crippen LogP contribution in [-0.4, -0.2) is 35.1 Å². The predicted octanol–water partition coefficient (Wildman–Crippen LogP) is 3.45. The number of hydrogen-bond donors (Lipinski definition) is 1. The Labute approximate surface area is 142 Å². The lowest BCUT2D eigenvalue weighted by Gasteiger charge is -2.19. The van der Waals surface area contributed by atoms with Crippen molar-refractivity contribution < 1.29 is 9.53 Å². The lowest BCUT2D eigenvalue weighted by Crippen LogP contribution is -2.31. The first kappa shape index (κ1) is 17.7. The number of rotatable bonds is 4. The molecule has 0 fully saturated rings. The number of nitrogens with zero attached hydrogens (tertiary/aromatic N) is 3. The average Bonchev–Trinajstić information content (AvgIpc) is 2.55. The summed E-state index contributed by atoms with van der Waals surface area (Å²) in [5.41, 5.74) is 1.48. The third-order valence-electron chi connectivity index (χ3n) is 3.50. The summed E-state index contributed by atoms with van der Waals surface area (Å²) in [6.07, 6.45) is 3.26. The van der Waals surface area contributed by atoms with Gasteiger partial charge < -0.3 is 15.0 Å². The van der Waals surface area contributed by atoms with Crippen molar-refractivity contribution in [1.29, 1.82) is 0 Å². The molecule has 6 heteroatoms. The van der Waals surface area contributed by atoms with Crippen molar-refractivity contribution in [3.8, 4) is 5.75 Å². The van der Waals surface area contributed by atoms with Gasteiger partial charge in [0.25, 0.3) is 0 Å². The van der Waals surface area contributed by atoms with Crippen LogP contribution in [0.25, 0.3) is 0 Å². The molecule has 2 aromatic rings. The van der Waals surface area contributed by atoms with Crippen LogP contribution in [0.15, 0.2) is 36.7 Å². The van der Waals surface area contributed by atoms with Gasteiger partial charge in [-0.2, -0.15) is 0 Å². The second-order valence-electron chi connectivity index (χ2n) is 6.68. The molecule has 0 atom stereocenters. The highest BCUT2D eigenvalue weighted by molar-refractivity contribution is 5.88. The third-order valence-corrected chi connectivity index (χ3v) is 3.50. The molecule has 1 N–H and O–H groups in total. The summed E-state index contributed by atoms with van der Waals surface area (Å²) < 4.78 is 5.13. The molecule has 1 heterocycles. The molecule has 0 aliphatic carbocycles. The highest BCUT2D eigenvalue weighted by Gasteiger charge is 2.17. The minimum Gasteiger partial charge on any atom is -0.497 e. The minimum absolute atomic E-state index is 0.117. The molecular formula is C18H24N4O2. The number of aromatic nitrogens is 2. The van der Waals surface area contributed by atoms with Gasteiger partial charge in [-0.05, 0) is 17.7 Å². The van der Waals surface area contributed by atoms with E-state index in [-0.39, 0.29) is 11.4 Å². The molecular weight excluding hydrogens is 304 g/mol. The zero-order chi connectivity index (χ0) is 17.7. The fraction of sp³-hybridized carbons (Fsp3) is 0.389. The molecule has 0 unspecified atom stereocenters. The van der Waals surface area contributed by atoms with E-state index in [2.05, 4.69) is 15.3 Å². The second-order valence-corrected chi connectivity index (χ2v) is 6.68. The Morgan fingerprint density at radius 1 is 1.17 bits per heavy atom. The van der Waals surface area contributed by atoms with Crippen molar-refractivity contribution in [2.24, 2.45) is 0 Å². The molecule has 0 aliphatic rings. The summed E-state index contributed by atoms with van der Waals surface area (Å²) in [5, 5.41) is 2.80. The lowest BCUT2D eigenvalue weighted by molar-refractivity contribution is 0.220.